The third-order valence-corrected chi connectivity index (χ3v) is 2.59. The summed E-state index contributed by atoms with van der Waals surface area (Å²) < 4.78 is 1.66. The lowest BCUT2D eigenvalue weighted by atomic mass is 10.3. The van der Waals surface area contributed by atoms with Crippen LogP contribution in [0.1, 0.15) is 11.4 Å². The Morgan fingerprint density at radius 1 is 1.29 bits per heavy atom. The third-order valence-electron chi connectivity index (χ3n) is 2.59. The highest BCUT2D eigenvalue weighted by atomic mass is 15.4. The number of aromatic nitrogens is 6. The topological polar surface area (TPSA) is 98.3 Å². The van der Waals surface area contributed by atoms with Gasteiger partial charge in [-0.2, -0.15) is 14.9 Å². The number of nitrogens with zero attached hydrogens (tertiary/aromatic N) is 5. The predicted molar refractivity (Wildman–Crippen MR) is 62.7 cm³/mol. The molecule has 0 aliphatic carbocycles. The van der Waals surface area contributed by atoms with Gasteiger partial charge >= 0.3 is 0 Å². The van der Waals surface area contributed by atoms with Crippen molar-refractivity contribution in [2.45, 2.75) is 13.8 Å². The average molecular weight is 229 g/mol. The number of nitrogens with one attached hydrogen (secondary N) is 1. The Hall–Kier alpha value is -2.44. The van der Waals surface area contributed by atoms with Crippen LogP contribution < -0.4 is 5.73 Å². The maximum atomic E-state index is 5.79. The molecule has 0 fully saturated rings. The zero-order chi connectivity index (χ0) is 12.0. The maximum absolute atomic E-state index is 5.79. The number of nitrogens with two attached hydrogens (primary N) is 1. The summed E-state index contributed by atoms with van der Waals surface area (Å²) in [5.74, 6) is 1.21. The predicted octanol–water partition coefficient (Wildman–Crippen LogP) is 0.738. The number of rotatable bonds is 1. The van der Waals surface area contributed by atoms with Gasteiger partial charge in [0.1, 0.15) is 12.1 Å². The molecule has 3 heterocycles. The van der Waals surface area contributed by atoms with E-state index in [9.17, 15) is 0 Å². The molecule has 0 aliphatic heterocycles. The third kappa shape index (κ3) is 1.36. The zero-order valence-corrected chi connectivity index (χ0v) is 9.47. The Balaban J connectivity index is 2.31. The fourth-order valence-corrected chi connectivity index (χ4v) is 1.82. The van der Waals surface area contributed by atoms with Crippen LogP contribution >= 0.6 is 0 Å². The molecule has 0 radical (unpaired) electrons. The standard InChI is InChI=1S/C10H11N7/c1-5-3-7(13-4-12-5)17-10-8(6(2)16-17)9(11)14-15-10/h3-4H,1-2H3,(H3,11,14,15). The molecule has 0 amide bonds. The SMILES string of the molecule is Cc1cc(-n2nc(C)c3c(N)[nH]nc32)ncn1. The van der Waals surface area contributed by atoms with Gasteiger partial charge in [0, 0.05) is 11.8 Å². The minimum atomic E-state index is 0.523. The molecule has 0 saturated carbocycles. The van der Waals surface area contributed by atoms with Gasteiger partial charge in [-0.3, -0.25) is 5.10 Å². The molecule has 0 bridgehead atoms. The van der Waals surface area contributed by atoms with E-state index in [-0.39, 0.29) is 0 Å². The summed E-state index contributed by atoms with van der Waals surface area (Å²) in [6, 6.07) is 1.84. The maximum Gasteiger partial charge on any atom is 0.188 e. The molecule has 3 rings (SSSR count). The van der Waals surface area contributed by atoms with Crippen LogP contribution in [-0.4, -0.2) is 29.9 Å². The summed E-state index contributed by atoms with van der Waals surface area (Å²) in [6.07, 6.45) is 1.50. The Morgan fingerprint density at radius 3 is 2.88 bits per heavy atom. The normalized spacial score (nSPS) is 11.2. The van der Waals surface area contributed by atoms with E-state index in [1.165, 1.54) is 6.33 Å². The van der Waals surface area contributed by atoms with E-state index in [0.717, 1.165) is 16.8 Å². The summed E-state index contributed by atoms with van der Waals surface area (Å²) in [5.41, 5.74) is 8.17. The molecule has 0 saturated heterocycles. The molecule has 7 heteroatoms. The van der Waals surface area contributed by atoms with Crippen LogP contribution in [0.25, 0.3) is 16.9 Å². The molecule has 0 unspecified atom stereocenters. The molecule has 0 atom stereocenters. The minimum Gasteiger partial charge on any atom is -0.383 e. The first-order valence-electron chi connectivity index (χ1n) is 5.15. The van der Waals surface area contributed by atoms with E-state index in [1.54, 1.807) is 4.68 Å². The first-order chi connectivity index (χ1) is 8.16. The summed E-state index contributed by atoms with van der Waals surface area (Å²) in [5, 5.41) is 12.1. The van der Waals surface area contributed by atoms with E-state index in [1.807, 2.05) is 19.9 Å². The lowest BCUT2D eigenvalue weighted by Crippen LogP contribution is -2.01. The second kappa shape index (κ2) is 3.27. The van der Waals surface area contributed by atoms with Gasteiger partial charge in [0.2, 0.25) is 0 Å². The number of nitrogen functional groups attached to an aromatic ring is 1. The van der Waals surface area contributed by atoms with E-state index >= 15 is 0 Å². The Kier molecular flexibility index (Phi) is 1.88. The van der Waals surface area contributed by atoms with Crippen molar-refractivity contribution in [2.75, 3.05) is 5.73 Å². The van der Waals surface area contributed by atoms with Gasteiger partial charge in [-0.05, 0) is 13.8 Å². The van der Waals surface area contributed by atoms with E-state index in [4.69, 9.17) is 5.73 Å². The molecular formula is C10H11N7. The van der Waals surface area contributed by atoms with Gasteiger partial charge in [0.25, 0.3) is 0 Å². The molecule has 86 valence electrons. The van der Waals surface area contributed by atoms with E-state index < -0.39 is 0 Å². The highest BCUT2D eigenvalue weighted by Gasteiger charge is 2.15. The zero-order valence-electron chi connectivity index (χ0n) is 9.47. The van der Waals surface area contributed by atoms with Crippen LogP contribution in [0, 0.1) is 13.8 Å². The van der Waals surface area contributed by atoms with Crippen LogP contribution in [0.3, 0.4) is 0 Å². The number of hydrogen-bond acceptors (Lipinski definition) is 5. The van der Waals surface area contributed by atoms with Gasteiger partial charge in [-0.1, -0.05) is 0 Å². The smallest absolute Gasteiger partial charge is 0.188 e. The summed E-state index contributed by atoms with van der Waals surface area (Å²) >= 11 is 0. The number of aromatic amines is 1. The van der Waals surface area contributed by atoms with Crippen LogP contribution in [0.2, 0.25) is 0 Å². The highest BCUT2D eigenvalue weighted by molar-refractivity contribution is 5.89. The Bertz CT molecular complexity index is 694. The van der Waals surface area contributed by atoms with Crippen molar-refractivity contribution in [3.63, 3.8) is 0 Å². The molecule has 0 aliphatic rings. The molecule has 7 nitrogen and oxygen atoms in total. The van der Waals surface area contributed by atoms with Crippen LogP contribution in [0.15, 0.2) is 12.4 Å². The number of hydrogen-bond donors (Lipinski definition) is 2. The molecule has 17 heavy (non-hydrogen) atoms. The Morgan fingerprint density at radius 2 is 2.12 bits per heavy atom. The van der Waals surface area contributed by atoms with Gasteiger partial charge in [-0.25, -0.2) is 9.97 Å². The van der Waals surface area contributed by atoms with Gasteiger partial charge in [0.05, 0.1) is 11.1 Å². The molecule has 3 aromatic rings. The monoisotopic (exact) mass is 229 g/mol. The van der Waals surface area contributed by atoms with E-state index in [2.05, 4.69) is 25.3 Å². The molecule has 0 aromatic carbocycles. The van der Waals surface area contributed by atoms with Crippen molar-refractivity contribution in [1.82, 2.24) is 29.9 Å². The van der Waals surface area contributed by atoms with E-state index in [0.29, 0.717) is 17.3 Å². The quantitative estimate of drug-likeness (QED) is 0.641. The van der Waals surface area contributed by atoms with Crippen LogP contribution in [0.4, 0.5) is 5.82 Å². The van der Waals surface area contributed by atoms with Crippen molar-refractivity contribution in [3.8, 4) is 5.82 Å². The second-order valence-electron chi connectivity index (χ2n) is 3.85. The molecule has 3 N–H and O–H groups in total. The fraction of sp³-hybridized carbons (Fsp3) is 0.200. The van der Waals surface area contributed by atoms with Crippen LogP contribution in [-0.2, 0) is 0 Å². The van der Waals surface area contributed by atoms with Gasteiger partial charge in [-0.15, -0.1) is 0 Å². The van der Waals surface area contributed by atoms with Crippen LogP contribution in [0.5, 0.6) is 0 Å². The summed E-state index contributed by atoms with van der Waals surface area (Å²) in [6.45, 7) is 3.79. The van der Waals surface area contributed by atoms with Gasteiger partial charge in [0.15, 0.2) is 11.5 Å². The first kappa shape index (κ1) is 9.76. The van der Waals surface area contributed by atoms with Crippen molar-refractivity contribution in [3.05, 3.63) is 23.8 Å². The van der Waals surface area contributed by atoms with Crippen molar-refractivity contribution in [1.29, 1.82) is 0 Å². The lowest BCUT2D eigenvalue weighted by molar-refractivity contribution is 0.827. The van der Waals surface area contributed by atoms with Crippen molar-refractivity contribution >= 4 is 16.9 Å². The fourth-order valence-electron chi connectivity index (χ4n) is 1.82. The largest absolute Gasteiger partial charge is 0.383 e. The number of fused-ring (bicyclic) bond motifs is 1. The number of H-pyrrole nitrogens is 1. The first-order valence-corrected chi connectivity index (χ1v) is 5.15. The second-order valence-corrected chi connectivity index (χ2v) is 3.85. The van der Waals surface area contributed by atoms with Crippen molar-refractivity contribution < 1.29 is 0 Å². The summed E-state index contributed by atoms with van der Waals surface area (Å²) in [4.78, 5) is 8.23. The summed E-state index contributed by atoms with van der Waals surface area (Å²) in [7, 11) is 0. The Labute approximate surface area is 96.7 Å². The molecular weight excluding hydrogens is 218 g/mol. The number of anilines is 1. The van der Waals surface area contributed by atoms with Crippen molar-refractivity contribution in [2.24, 2.45) is 0 Å². The highest BCUT2D eigenvalue weighted by Crippen LogP contribution is 2.23. The number of aryl methyl sites for hydroxylation is 2. The average Bonchev–Trinajstić information content (AvgIpc) is 2.82. The molecule has 0 spiro atoms. The lowest BCUT2D eigenvalue weighted by Gasteiger charge is -2.00. The molecule has 3 aromatic heterocycles. The van der Waals surface area contributed by atoms with Gasteiger partial charge < -0.3 is 5.73 Å². The minimum absolute atomic E-state index is 0.523.